The number of methoxy groups -OCH3 is 2. The van der Waals surface area contributed by atoms with E-state index in [9.17, 15) is 5.26 Å². The summed E-state index contributed by atoms with van der Waals surface area (Å²) in [6, 6.07) is 5.92. The van der Waals surface area contributed by atoms with Gasteiger partial charge in [0.2, 0.25) is 0 Å². The quantitative estimate of drug-likeness (QED) is 0.845. The Bertz CT molecular complexity index is 657. The number of nitrogens with zero attached hydrogens (tertiary/aromatic N) is 2. The summed E-state index contributed by atoms with van der Waals surface area (Å²) >= 11 is 0. The Balaban J connectivity index is 2.85. The maximum atomic E-state index is 9.21. The van der Waals surface area contributed by atoms with Gasteiger partial charge < -0.3 is 9.47 Å². The summed E-state index contributed by atoms with van der Waals surface area (Å²) in [5.41, 5.74) is 2.41. The number of ether oxygens (including phenoxy) is 2. The van der Waals surface area contributed by atoms with Crippen LogP contribution in [0.2, 0.25) is 0 Å². The maximum Gasteiger partial charge on any atom is 0.162 e. The van der Waals surface area contributed by atoms with Crippen molar-refractivity contribution in [2.75, 3.05) is 14.2 Å². The molecule has 4 heteroatoms. The number of hydrogen-bond acceptors (Lipinski definition) is 4. The van der Waals surface area contributed by atoms with Crippen LogP contribution in [0.25, 0.3) is 10.9 Å². The van der Waals surface area contributed by atoms with Crippen LogP contribution < -0.4 is 9.47 Å². The van der Waals surface area contributed by atoms with Crippen molar-refractivity contribution >= 4 is 10.9 Å². The highest BCUT2D eigenvalue weighted by Crippen LogP contribution is 2.35. The van der Waals surface area contributed by atoms with Crippen molar-refractivity contribution in [1.29, 1.82) is 5.26 Å². The molecule has 0 spiro atoms. The van der Waals surface area contributed by atoms with Crippen molar-refractivity contribution < 1.29 is 9.47 Å². The van der Waals surface area contributed by atoms with Crippen molar-refractivity contribution in [2.24, 2.45) is 0 Å². The lowest BCUT2D eigenvalue weighted by atomic mass is 9.94. The van der Waals surface area contributed by atoms with E-state index in [0.29, 0.717) is 17.1 Å². The third-order valence-corrected chi connectivity index (χ3v) is 3.11. The number of fused-ring (bicyclic) bond motifs is 1. The standard InChI is InChI=1S/C15H16N2O2/c1-9(2)15-10(7-16)8-17-12-6-14(19-4)13(18-3)5-11(12)15/h5-6,8-9H,1-4H3. The van der Waals surface area contributed by atoms with E-state index in [1.807, 2.05) is 12.1 Å². The molecule has 0 bridgehead atoms. The van der Waals surface area contributed by atoms with Gasteiger partial charge in [0.1, 0.15) is 6.07 Å². The number of pyridine rings is 1. The molecule has 1 heterocycles. The monoisotopic (exact) mass is 256 g/mol. The molecule has 0 fully saturated rings. The van der Waals surface area contributed by atoms with E-state index in [-0.39, 0.29) is 5.92 Å². The minimum absolute atomic E-state index is 0.234. The molecule has 0 amide bonds. The lowest BCUT2D eigenvalue weighted by molar-refractivity contribution is 0.355. The van der Waals surface area contributed by atoms with E-state index in [4.69, 9.17) is 9.47 Å². The van der Waals surface area contributed by atoms with Crippen LogP contribution in [0.5, 0.6) is 11.5 Å². The first kappa shape index (κ1) is 13.2. The van der Waals surface area contributed by atoms with Crippen LogP contribution in [0, 0.1) is 11.3 Å². The Labute approximate surface area is 112 Å². The average molecular weight is 256 g/mol. The zero-order valence-electron chi connectivity index (χ0n) is 11.5. The molecule has 2 rings (SSSR count). The summed E-state index contributed by atoms with van der Waals surface area (Å²) in [7, 11) is 3.19. The summed E-state index contributed by atoms with van der Waals surface area (Å²) in [4.78, 5) is 4.32. The van der Waals surface area contributed by atoms with Crippen molar-refractivity contribution in [1.82, 2.24) is 4.98 Å². The van der Waals surface area contributed by atoms with E-state index in [0.717, 1.165) is 16.5 Å². The van der Waals surface area contributed by atoms with Gasteiger partial charge in [-0.2, -0.15) is 5.26 Å². The normalized spacial score (nSPS) is 10.5. The highest BCUT2D eigenvalue weighted by atomic mass is 16.5. The van der Waals surface area contributed by atoms with Crippen LogP contribution in [-0.4, -0.2) is 19.2 Å². The molecule has 0 saturated heterocycles. The van der Waals surface area contributed by atoms with Crippen molar-refractivity contribution in [2.45, 2.75) is 19.8 Å². The van der Waals surface area contributed by atoms with Crippen LogP contribution in [0.1, 0.15) is 30.9 Å². The Morgan fingerprint density at radius 1 is 1.16 bits per heavy atom. The van der Waals surface area contributed by atoms with E-state index >= 15 is 0 Å². The van der Waals surface area contributed by atoms with Crippen LogP contribution in [0.15, 0.2) is 18.3 Å². The first-order valence-corrected chi connectivity index (χ1v) is 6.07. The number of hydrogen-bond donors (Lipinski definition) is 0. The van der Waals surface area contributed by atoms with Crippen LogP contribution in [-0.2, 0) is 0 Å². The van der Waals surface area contributed by atoms with Gasteiger partial charge >= 0.3 is 0 Å². The van der Waals surface area contributed by atoms with Gasteiger partial charge in [-0.1, -0.05) is 13.8 Å². The van der Waals surface area contributed by atoms with Crippen LogP contribution in [0.4, 0.5) is 0 Å². The highest BCUT2D eigenvalue weighted by Gasteiger charge is 2.15. The highest BCUT2D eigenvalue weighted by molar-refractivity contribution is 5.87. The summed E-state index contributed by atoms with van der Waals surface area (Å²) in [5, 5.41) is 10.1. The lowest BCUT2D eigenvalue weighted by Crippen LogP contribution is -1.98. The Kier molecular flexibility index (Phi) is 3.57. The molecular weight excluding hydrogens is 240 g/mol. The lowest BCUT2D eigenvalue weighted by Gasteiger charge is -2.14. The van der Waals surface area contributed by atoms with Crippen LogP contribution in [0.3, 0.4) is 0 Å². The predicted octanol–water partition coefficient (Wildman–Crippen LogP) is 3.25. The smallest absolute Gasteiger partial charge is 0.162 e. The summed E-state index contributed by atoms with van der Waals surface area (Å²) in [6.45, 7) is 4.12. The van der Waals surface area contributed by atoms with E-state index in [1.165, 1.54) is 0 Å². The fourth-order valence-electron chi connectivity index (χ4n) is 2.25. The fraction of sp³-hybridized carbons (Fsp3) is 0.333. The van der Waals surface area contributed by atoms with Crippen molar-refractivity contribution in [3.63, 3.8) is 0 Å². The Morgan fingerprint density at radius 2 is 1.79 bits per heavy atom. The summed E-state index contributed by atoms with van der Waals surface area (Å²) in [6.07, 6.45) is 1.61. The molecule has 1 aromatic carbocycles. The Hall–Kier alpha value is -2.28. The molecule has 0 radical (unpaired) electrons. The molecule has 4 nitrogen and oxygen atoms in total. The number of aromatic nitrogens is 1. The number of rotatable bonds is 3. The minimum atomic E-state index is 0.234. The van der Waals surface area contributed by atoms with Gasteiger partial charge in [0.05, 0.1) is 25.3 Å². The third kappa shape index (κ3) is 2.19. The first-order valence-electron chi connectivity index (χ1n) is 6.07. The van der Waals surface area contributed by atoms with Crippen molar-refractivity contribution in [3.8, 4) is 17.6 Å². The topological polar surface area (TPSA) is 55.1 Å². The molecule has 0 aliphatic rings. The van der Waals surface area contributed by atoms with Gasteiger partial charge in [-0.25, -0.2) is 0 Å². The molecule has 2 aromatic rings. The van der Waals surface area contributed by atoms with Crippen molar-refractivity contribution in [3.05, 3.63) is 29.5 Å². The van der Waals surface area contributed by atoms with Gasteiger partial charge in [-0.15, -0.1) is 0 Å². The van der Waals surface area contributed by atoms with E-state index < -0.39 is 0 Å². The molecule has 0 aliphatic heterocycles. The fourth-order valence-corrected chi connectivity index (χ4v) is 2.25. The molecule has 1 aromatic heterocycles. The molecule has 0 N–H and O–H groups in total. The summed E-state index contributed by atoms with van der Waals surface area (Å²) < 4.78 is 10.6. The van der Waals surface area contributed by atoms with Gasteiger partial charge in [0.15, 0.2) is 11.5 Å². The predicted molar refractivity (Wildman–Crippen MR) is 73.7 cm³/mol. The SMILES string of the molecule is COc1cc2ncc(C#N)c(C(C)C)c2cc1OC. The first-order chi connectivity index (χ1) is 9.12. The third-order valence-electron chi connectivity index (χ3n) is 3.11. The average Bonchev–Trinajstić information content (AvgIpc) is 2.43. The second-order valence-corrected chi connectivity index (χ2v) is 4.58. The zero-order chi connectivity index (χ0) is 14.0. The minimum Gasteiger partial charge on any atom is -0.493 e. The number of nitriles is 1. The molecule has 0 atom stereocenters. The van der Waals surface area contributed by atoms with Gasteiger partial charge in [0.25, 0.3) is 0 Å². The summed E-state index contributed by atoms with van der Waals surface area (Å²) in [5.74, 6) is 1.52. The molecule has 0 aliphatic carbocycles. The zero-order valence-corrected chi connectivity index (χ0v) is 11.5. The molecule has 98 valence electrons. The van der Waals surface area contributed by atoms with E-state index in [2.05, 4.69) is 24.9 Å². The number of benzene rings is 1. The molecular formula is C15H16N2O2. The van der Waals surface area contributed by atoms with Crippen LogP contribution >= 0.6 is 0 Å². The molecule has 19 heavy (non-hydrogen) atoms. The van der Waals surface area contributed by atoms with Gasteiger partial charge in [-0.05, 0) is 17.5 Å². The molecule has 0 saturated carbocycles. The van der Waals surface area contributed by atoms with E-state index in [1.54, 1.807) is 20.4 Å². The molecule has 0 unspecified atom stereocenters. The maximum absolute atomic E-state index is 9.21. The van der Waals surface area contributed by atoms with Gasteiger partial charge in [-0.3, -0.25) is 4.98 Å². The van der Waals surface area contributed by atoms with Gasteiger partial charge in [0, 0.05) is 17.6 Å². The Morgan fingerprint density at radius 3 is 2.32 bits per heavy atom. The largest absolute Gasteiger partial charge is 0.493 e. The second-order valence-electron chi connectivity index (χ2n) is 4.58. The second kappa shape index (κ2) is 5.15.